The summed E-state index contributed by atoms with van der Waals surface area (Å²) in [5, 5.41) is 2.76. The van der Waals surface area contributed by atoms with Gasteiger partial charge >= 0.3 is 0 Å². The fourth-order valence-corrected chi connectivity index (χ4v) is 1.67. The lowest BCUT2D eigenvalue weighted by molar-refractivity contribution is -0.115. The number of anilines is 2. The minimum Gasteiger partial charge on any atom is -0.481 e. The fraction of sp³-hybridized carbons (Fsp3) is 0.143. The zero-order chi connectivity index (χ0) is 13.7. The predicted molar refractivity (Wildman–Crippen MR) is 74.0 cm³/mol. The van der Waals surface area contributed by atoms with Crippen LogP contribution < -0.4 is 15.8 Å². The lowest BCUT2D eigenvalue weighted by Crippen LogP contribution is -2.14. The molecule has 0 aliphatic heterocycles. The molecule has 0 bridgehead atoms. The molecule has 1 aromatic heterocycles. The molecule has 0 spiro atoms. The number of rotatable bonds is 4. The number of nitrogens with one attached hydrogen (secondary N) is 1. The molecule has 0 unspecified atom stereocenters. The number of carbonyl (C=O) groups excluding carboxylic acids is 1. The number of ether oxygens (including phenoxy) is 1. The highest BCUT2D eigenvalue weighted by atomic mass is 16.5. The maximum atomic E-state index is 11.8. The first-order chi connectivity index (χ1) is 9.17. The minimum atomic E-state index is -0.113. The standard InChI is InChI=1S/C14H15N3O2/c1-19-14-6-5-12(9-16-14)17-13(18)8-10-3-2-4-11(15)7-10/h2-7,9H,8,15H2,1H3,(H,17,18). The molecule has 1 heterocycles. The molecule has 0 atom stereocenters. The molecule has 5 heteroatoms. The zero-order valence-corrected chi connectivity index (χ0v) is 10.6. The molecule has 0 aliphatic rings. The Bertz CT molecular complexity index is 567. The number of hydrogen-bond donors (Lipinski definition) is 2. The van der Waals surface area contributed by atoms with Crippen LogP contribution in [0.15, 0.2) is 42.6 Å². The first kappa shape index (κ1) is 12.9. The number of methoxy groups -OCH3 is 1. The van der Waals surface area contributed by atoms with Crippen molar-refractivity contribution in [2.45, 2.75) is 6.42 Å². The van der Waals surface area contributed by atoms with Gasteiger partial charge in [0.1, 0.15) is 0 Å². The third-order valence-electron chi connectivity index (χ3n) is 2.54. The number of hydrogen-bond acceptors (Lipinski definition) is 4. The molecular formula is C14H15N3O2. The Hall–Kier alpha value is -2.56. The van der Waals surface area contributed by atoms with Gasteiger partial charge in [0.05, 0.1) is 25.4 Å². The predicted octanol–water partition coefficient (Wildman–Crippen LogP) is 1.85. The van der Waals surface area contributed by atoms with E-state index < -0.39 is 0 Å². The number of carbonyl (C=O) groups is 1. The molecule has 0 fully saturated rings. The Morgan fingerprint density at radius 1 is 1.37 bits per heavy atom. The summed E-state index contributed by atoms with van der Waals surface area (Å²) in [6.45, 7) is 0. The Balaban J connectivity index is 1.97. The molecule has 0 saturated carbocycles. The highest BCUT2D eigenvalue weighted by Gasteiger charge is 2.05. The van der Waals surface area contributed by atoms with Gasteiger partial charge in [0, 0.05) is 11.8 Å². The minimum absolute atomic E-state index is 0.113. The molecule has 0 aliphatic carbocycles. The van der Waals surface area contributed by atoms with Gasteiger partial charge in [-0.15, -0.1) is 0 Å². The Kier molecular flexibility index (Phi) is 3.97. The van der Waals surface area contributed by atoms with Crippen molar-refractivity contribution in [2.24, 2.45) is 0 Å². The summed E-state index contributed by atoms with van der Waals surface area (Å²) in [6, 6.07) is 10.7. The molecule has 5 nitrogen and oxygen atoms in total. The van der Waals surface area contributed by atoms with Crippen LogP contribution in [0.25, 0.3) is 0 Å². The van der Waals surface area contributed by atoms with E-state index in [0.717, 1.165) is 5.56 Å². The summed E-state index contributed by atoms with van der Waals surface area (Å²) >= 11 is 0. The van der Waals surface area contributed by atoms with Crippen LogP contribution in [0.3, 0.4) is 0 Å². The van der Waals surface area contributed by atoms with Crippen molar-refractivity contribution in [3.63, 3.8) is 0 Å². The second-order valence-electron chi connectivity index (χ2n) is 4.06. The largest absolute Gasteiger partial charge is 0.481 e. The molecule has 0 radical (unpaired) electrons. The first-order valence-corrected chi connectivity index (χ1v) is 5.81. The van der Waals surface area contributed by atoms with Crippen LogP contribution in [0.4, 0.5) is 11.4 Å². The SMILES string of the molecule is COc1ccc(NC(=O)Cc2cccc(N)c2)cn1. The van der Waals surface area contributed by atoms with E-state index in [1.807, 2.05) is 12.1 Å². The smallest absolute Gasteiger partial charge is 0.228 e. The third-order valence-corrected chi connectivity index (χ3v) is 2.54. The number of nitrogen functional groups attached to an aromatic ring is 1. The summed E-state index contributed by atoms with van der Waals surface area (Å²) in [4.78, 5) is 15.9. The van der Waals surface area contributed by atoms with E-state index in [-0.39, 0.29) is 12.3 Å². The number of pyridine rings is 1. The van der Waals surface area contributed by atoms with Gasteiger partial charge in [-0.05, 0) is 23.8 Å². The lowest BCUT2D eigenvalue weighted by Gasteiger charge is -2.06. The number of aromatic nitrogens is 1. The van der Waals surface area contributed by atoms with Crippen LogP contribution in [-0.4, -0.2) is 18.0 Å². The molecule has 98 valence electrons. The van der Waals surface area contributed by atoms with E-state index in [2.05, 4.69) is 10.3 Å². The van der Waals surface area contributed by atoms with Crippen molar-refractivity contribution in [3.05, 3.63) is 48.2 Å². The molecule has 19 heavy (non-hydrogen) atoms. The quantitative estimate of drug-likeness (QED) is 0.819. The van der Waals surface area contributed by atoms with Crippen molar-refractivity contribution < 1.29 is 9.53 Å². The molecule has 2 aromatic rings. The van der Waals surface area contributed by atoms with Gasteiger partial charge in [-0.1, -0.05) is 12.1 Å². The Labute approximate surface area is 111 Å². The summed E-state index contributed by atoms with van der Waals surface area (Å²) in [7, 11) is 1.54. The van der Waals surface area contributed by atoms with E-state index in [0.29, 0.717) is 17.3 Å². The van der Waals surface area contributed by atoms with Crippen molar-refractivity contribution in [1.29, 1.82) is 0 Å². The molecule has 1 aromatic carbocycles. The van der Waals surface area contributed by atoms with Crippen LogP contribution in [0.2, 0.25) is 0 Å². The first-order valence-electron chi connectivity index (χ1n) is 5.81. The third kappa shape index (κ3) is 3.70. The van der Waals surface area contributed by atoms with Gasteiger partial charge in [-0.2, -0.15) is 0 Å². The maximum absolute atomic E-state index is 11.8. The lowest BCUT2D eigenvalue weighted by atomic mass is 10.1. The van der Waals surface area contributed by atoms with Gasteiger partial charge in [-0.3, -0.25) is 4.79 Å². The second-order valence-corrected chi connectivity index (χ2v) is 4.06. The van der Waals surface area contributed by atoms with Crippen molar-refractivity contribution in [2.75, 3.05) is 18.2 Å². The van der Waals surface area contributed by atoms with Crippen molar-refractivity contribution >= 4 is 17.3 Å². The summed E-state index contributed by atoms with van der Waals surface area (Å²) in [6.07, 6.45) is 1.83. The maximum Gasteiger partial charge on any atom is 0.228 e. The van der Waals surface area contributed by atoms with E-state index in [9.17, 15) is 4.79 Å². The van der Waals surface area contributed by atoms with Crippen LogP contribution in [0, 0.1) is 0 Å². The molecule has 3 N–H and O–H groups in total. The van der Waals surface area contributed by atoms with E-state index in [1.165, 1.54) is 0 Å². The van der Waals surface area contributed by atoms with Crippen molar-refractivity contribution in [3.8, 4) is 5.88 Å². The molecule has 1 amide bonds. The van der Waals surface area contributed by atoms with Crippen LogP contribution in [0.5, 0.6) is 5.88 Å². The normalized spacial score (nSPS) is 9.95. The highest BCUT2D eigenvalue weighted by molar-refractivity contribution is 5.92. The average Bonchev–Trinajstić information content (AvgIpc) is 2.39. The van der Waals surface area contributed by atoms with Gasteiger partial charge in [0.2, 0.25) is 11.8 Å². The summed E-state index contributed by atoms with van der Waals surface area (Å²) < 4.78 is 4.95. The highest BCUT2D eigenvalue weighted by Crippen LogP contribution is 2.12. The van der Waals surface area contributed by atoms with Gasteiger partial charge in [0.25, 0.3) is 0 Å². The number of nitrogens with two attached hydrogens (primary N) is 1. The second kappa shape index (κ2) is 5.86. The Morgan fingerprint density at radius 2 is 2.21 bits per heavy atom. The van der Waals surface area contributed by atoms with Gasteiger partial charge in [0.15, 0.2) is 0 Å². The fourth-order valence-electron chi connectivity index (χ4n) is 1.67. The number of benzene rings is 1. The monoisotopic (exact) mass is 257 g/mol. The van der Waals surface area contributed by atoms with E-state index in [1.54, 1.807) is 37.6 Å². The van der Waals surface area contributed by atoms with E-state index >= 15 is 0 Å². The zero-order valence-electron chi connectivity index (χ0n) is 10.6. The number of amides is 1. The molecular weight excluding hydrogens is 242 g/mol. The van der Waals surface area contributed by atoms with E-state index in [4.69, 9.17) is 10.5 Å². The van der Waals surface area contributed by atoms with Crippen molar-refractivity contribution in [1.82, 2.24) is 4.98 Å². The van der Waals surface area contributed by atoms with Gasteiger partial charge < -0.3 is 15.8 Å². The van der Waals surface area contributed by atoms with Crippen LogP contribution in [-0.2, 0) is 11.2 Å². The molecule has 2 rings (SSSR count). The molecule has 0 saturated heterocycles. The Morgan fingerprint density at radius 3 is 2.84 bits per heavy atom. The summed E-state index contributed by atoms with van der Waals surface area (Å²) in [5.41, 5.74) is 7.82. The van der Waals surface area contributed by atoms with Crippen LogP contribution in [0.1, 0.15) is 5.56 Å². The van der Waals surface area contributed by atoms with Crippen LogP contribution >= 0.6 is 0 Å². The van der Waals surface area contributed by atoms with Gasteiger partial charge in [-0.25, -0.2) is 4.98 Å². The average molecular weight is 257 g/mol. The summed E-state index contributed by atoms with van der Waals surface area (Å²) in [5.74, 6) is 0.395. The number of nitrogens with zero attached hydrogens (tertiary/aromatic N) is 1. The topological polar surface area (TPSA) is 77.2 Å².